The topological polar surface area (TPSA) is 38.5 Å². The van der Waals surface area contributed by atoms with Crippen molar-refractivity contribution in [1.29, 1.82) is 0 Å². The van der Waals surface area contributed by atoms with Crippen LogP contribution in [0.5, 0.6) is 5.75 Å². The summed E-state index contributed by atoms with van der Waals surface area (Å²) in [6.45, 7) is 6.80. The second kappa shape index (κ2) is 7.17. The van der Waals surface area contributed by atoms with Gasteiger partial charge in [-0.05, 0) is 31.5 Å². The van der Waals surface area contributed by atoms with E-state index < -0.39 is 0 Å². The molecule has 4 heteroatoms. The number of nitrogens with two attached hydrogens (primary N) is 1. The van der Waals surface area contributed by atoms with Crippen LogP contribution in [0.25, 0.3) is 0 Å². The van der Waals surface area contributed by atoms with Crippen molar-refractivity contribution in [2.75, 3.05) is 31.2 Å². The highest BCUT2D eigenvalue weighted by molar-refractivity contribution is 7.99. The summed E-state index contributed by atoms with van der Waals surface area (Å²) in [7, 11) is 0. The summed E-state index contributed by atoms with van der Waals surface area (Å²) in [4.78, 5) is 2.53. The van der Waals surface area contributed by atoms with Gasteiger partial charge in [0, 0.05) is 36.7 Å². The monoisotopic (exact) mass is 280 g/mol. The SMILES string of the molecule is CCOc1ccc(C(CN)N2CCSCC2C)cc1. The minimum Gasteiger partial charge on any atom is -0.494 e. The van der Waals surface area contributed by atoms with Crippen molar-refractivity contribution < 1.29 is 4.74 Å². The van der Waals surface area contributed by atoms with E-state index in [4.69, 9.17) is 10.5 Å². The first-order valence-electron chi connectivity index (χ1n) is 7.02. The van der Waals surface area contributed by atoms with Gasteiger partial charge < -0.3 is 10.5 Å². The van der Waals surface area contributed by atoms with Crippen LogP contribution in [0.4, 0.5) is 0 Å². The smallest absolute Gasteiger partial charge is 0.119 e. The van der Waals surface area contributed by atoms with Crippen LogP contribution in [-0.2, 0) is 0 Å². The third-order valence-corrected chi connectivity index (χ3v) is 4.81. The van der Waals surface area contributed by atoms with E-state index in [0.29, 0.717) is 25.2 Å². The van der Waals surface area contributed by atoms with E-state index in [1.807, 2.05) is 30.8 Å². The lowest BCUT2D eigenvalue weighted by Crippen LogP contribution is -2.45. The molecule has 1 aromatic rings. The molecule has 0 amide bonds. The molecule has 0 spiro atoms. The summed E-state index contributed by atoms with van der Waals surface area (Å²) < 4.78 is 5.49. The molecule has 2 rings (SSSR count). The molecule has 106 valence electrons. The molecular formula is C15H24N2OS. The third kappa shape index (κ3) is 3.65. The van der Waals surface area contributed by atoms with E-state index in [1.165, 1.54) is 17.1 Å². The van der Waals surface area contributed by atoms with Crippen LogP contribution in [0.3, 0.4) is 0 Å². The lowest BCUT2D eigenvalue weighted by Gasteiger charge is -2.39. The van der Waals surface area contributed by atoms with Crippen LogP contribution in [0.1, 0.15) is 25.5 Å². The lowest BCUT2D eigenvalue weighted by molar-refractivity contribution is 0.166. The number of thioether (sulfide) groups is 1. The molecule has 1 aliphatic heterocycles. The van der Waals surface area contributed by atoms with Crippen LogP contribution < -0.4 is 10.5 Å². The zero-order valence-electron chi connectivity index (χ0n) is 11.8. The van der Waals surface area contributed by atoms with Gasteiger partial charge in [0.05, 0.1) is 6.61 Å². The van der Waals surface area contributed by atoms with Gasteiger partial charge >= 0.3 is 0 Å². The second-order valence-corrected chi connectivity index (χ2v) is 6.07. The van der Waals surface area contributed by atoms with Gasteiger partial charge in [-0.25, -0.2) is 0 Å². The van der Waals surface area contributed by atoms with Crippen molar-refractivity contribution in [1.82, 2.24) is 4.90 Å². The minimum absolute atomic E-state index is 0.326. The van der Waals surface area contributed by atoms with Crippen LogP contribution >= 0.6 is 11.8 Å². The van der Waals surface area contributed by atoms with Crippen molar-refractivity contribution in [2.45, 2.75) is 25.9 Å². The molecule has 0 radical (unpaired) electrons. The molecule has 19 heavy (non-hydrogen) atoms. The second-order valence-electron chi connectivity index (χ2n) is 4.92. The third-order valence-electron chi connectivity index (χ3n) is 3.62. The van der Waals surface area contributed by atoms with Crippen LogP contribution in [-0.4, -0.2) is 42.1 Å². The fourth-order valence-electron chi connectivity index (χ4n) is 2.62. The Labute approximate surface area is 120 Å². The Bertz CT molecular complexity index is 382. The Balaban J connectivity index is 2.11. The maximum atomic E-state index is 6.01. The molecule has 1 saturated heterocycles. The summed E-state index contributed by atoms with van der Waals surface area (Å²) in [5.74, 6) is 3.34. The molecule has 1 aromatic carbocycles. The van der Waals surface area contributed by atoms with Crippen molar-refractivity contribution >= 4 is 11.8 Å². The van der Waals surface area contributed by atoms with Gasteiger partial charge in [0.25, 0.3) is 0 Å². The van der Waals surface area contributed by atoms with E-state index in [2.05, 4.69) is 24.0 Å². The van der Waals surface area contributed by atoms with E-state index in [1.54, 1.807) is 0 Å². The fourth-order valence-corrected chi connectivity index (χ4v) is 3.66. The molecule has 0 saturated carbocycles. The largest absolute Gasteiger partial charge is 0.494 e. The highest BCUT2D eigenvalue weighted by Crippen LogP contribution is 2.28. The van der Waals surface area contributed by atoms with Gasteiger partial charge in [-0.2, -0.15) is 11.8 Å². The average molecular weight is 280 g/mol. The Morgan fingerprint density at radius 2 is 2.16 bits per heavy atom. The summed E-state index contributed by atoms with van der Waals surface area (Å²) in [6.07, 6.45) is 0. The molecule has 2 N–H and O–H groups in total. The number of nitrogens with zero attached hydrogens (tertiary/aromatic N) is 1. The molecule has 2 unspecified atom stereocenters. The van der Waals surface area contributed by atoms with Crippen LogP contribution in [0.2, 0.25) is 0 Å². The Hall–Kier alpha value is -0.710. The van der Waals surface area contributed by atoms with E-state index >= 15 is 0 Å². The van der Waals surface area contributed by atoms with Crippen molar-refractivity contribution in [3.05, 3.63) is 29.8 Å². The first-order valence-corrected chi connectivity index (χ1v) is 8.18. The zero-order valence-corrected chi connectivity index (χ0v) is 12.7. The molecule has 1 heterocycles. The number of rotatable bonds is 5. The lowest BCUT2D eigenvalue weighted by atomic mass is 10.0. The van der Waals surface area contributed by atoms with Gasteiger partial charge in [-0.15, -0.1) is 0 Å². The van der Waals surface area contributed by atoms with Gasteiger partial charge in [0.2, 0.25) is 0 Å². The van der Waals surface area contributed by atoms with E-state index in [0.717, 1.165) is 12.3 Å². The molecule has 0 aromatic heterocycles. The number of ether oxygens (including phenoxy) is 1. The maximum Gasteiger partial charge on any atom is 0.119 e. The average Bonchev–Trinajstić information content (AvgIpc) is 2.44. The summed E-state index contributed by atoms with van der Waals surface area (Å²) in [5, 5.41) is 0. The van der Waals surface area contributed by atoms with Gasteiger partial charge in [-0.1, -0.05) is 12.1 Å². The van der Waals surface area contributed by atoms with E-state index in [-0.39, 0.29) is 0 Å². The first kappa shape index (κ1) is 14.7. The number of hydrogen-bond acceptors (Lipinski definition) is 4. The van der Waals surface area contributed by atoms with Crippen molar-refractivity contribution in [3.8, 4) is 5.75 Å². The summed E-state index contributed by atoms with van der Waals surface area (Å²) in [6, 6.07) is 9.31. The first-order chi connectivity index (χ1) is 9.26. The molecule has 2 atom stereocenters. The summed E-state index contributed by atoms with van der Waals surface area (Å²) >= 11 is 2.04. The molecule has 0 aliphatic carbocycles. The summed E-state index contributed by atoms with van der Waals surface area (Å²) in [5.41, 5.74) is 7.31. The van der Waals surface area contributed by atoms with Gasteiger partial charge in [0.15, 0.2) is 0 Å². The minimum atomic E-state index is 0.326. The number of hydrogen-bond donors (Lipinski definition) is 1. The van der Waals surface area contributed by atoms with Gasteiger partial charge in [0.1, 0.15) is 5.75 Å². The molecule has 0 bridgehead atoms. The maximum absolute atomic E-state index is 6.01. The highest BCUT2D eigenvalue weighted by atomic mass is 32.2. The normalized spacial score (nSPS) is 22.2. The molecule has 3 nitrogen and oxygen atoms in total. The Morgan fingerprint density at radius 1 is 1.42 bits per heavy atom. The zero-order chi connectivity index (χ0) is 13.7. The fraction of sp³-hybridized carbons (Fsp3) is 0.600. The Morgan fingerprint density at radius 3 is 2.74 bits per heavy atom. The molecule has 1 fully saturated rings. The standard InChI is InChI=1S/C15H24N2OS/c1-3-18-14-6-4-13(5-7-14)15(10-16)17-8-9-19-11-12(17)2/h4-7,12,15H,3,8-11,16H2,1-2H3. The molecule has 1 aliphatic rings. The predicted molar refractivity (Wildman–Crippen MR) is 82.9 cm³/mol. The van der Waals surface area contributed by atoms with Crippen LogP contribution in [0.15, 0.2) is 24.3 Å². The highest BCUT2D eigenvalue weighted by Gasteiger charge is 2.26. The van der Waals surface area contributed by atoms with Crippen molar-refractivity contribution in [3.63, 3.8) is 0 Å². The van der Waals surface area contributed by atoms with Gasteiger partial charge in [-0.3, -0.25) is 4.90 Å². The molecular weight excluding hydrogens is 256 g/mol. The van der Waals surface area contributed by atoms with Crippen molar-refractivity contribution in [2.24, 2.45) is 5.73 Å². The quantitative estimate of drug-likeness (QED) is 0.899. The van der Waals surface area contributed by atoms with Crippen LogP contribution in [0, 0.1) is 0 Å². The predicted octanol–water partition coefficient (Wildman–Crippen LogP) is 2.52. The van der Waals surface area contributed by atoms with E-state index in [9.17, 15) is 0 Å². The Kier molecular flexibility index (Phi) is 5.55. The number of benzene rings is 1.